The zero-order valence-electron chi connectivity index (χ0n) is 16.1. The van der Waals surface area contributed by atoms with Gasteiger partial charge in [-0.3, -0.25) is 9.69 Å². The number of amides is 2. The van der Waals surface area contributed by atoms with Crippen molar-refractivity contribution >= 4 is 17.7 Å². The second-order valence-corrected chi connectivity index (χ2v) is 7.88. The molecule has 1 aliphatic heterocycles. The molecule has 5 heteroatoms. The van der Waals surface area contributed by atoms with Crippen LogP contribution in [0.4, 0.5) is 10.5 Å². The predicted octanol–water partition coefficient (Wildman–Crippen LogP) is 3.67. The molecular formula is C22H26N2O3. The molecule has 2 amide bonds. The van der Waals surface area contributed by atoms with Crippen molar-refractivity contribution < 1.29 is 14.3 Å². The van der Waals surface area contributed by atoms with Crippen molar-refractivity contribution in [2.24, 2.45) is 0 Å². The van der Waals surface area contributed by atoms with Crippen LogP contribution in [0.15, 0.2) is 54.6 Å². The average Bonchev–Trinajstić information content (AvgIpc) is 3.01. The molecule has 1 N–H and O–H groups in total. The molecule has 142 valence electrons. The van der Waals surface area contributed by atoms with Crippen LogP contribution in [0.1, 0.15) is 31.9 Å². The molecule has 0 saturated carbocycles. The molecule has 1 saturated heterocycles. The van der Waals surface area contributed by atoms with E-state index in [2.05, 4.69) is 26.1 Å². The van der Waals surface area contributed by atoms with Crippen molar-refractivity contribution in [2.45, 2.75) is 38.7 Å². The van der Waals surface area contributed by atoms with Gasteiger partial charge in [0.25, 0.3) is 0 Å². The summed E-state index contributed by atoms with van der Waals surface area (Å²) < 4.78 is 5.40. The number of ether oxygens (including phenoxy) is 1. The highest BCUT2D eigenvalue weighted by Crippen LogP contribution is 2.27. The van der Waals surface area contributed by atoms with Crippen LogP contribution in [0.5, 0.6) is 0 Å². The maximum Gasteiger partial charge on any atom is 0.414 e. The first-order valence-corrected chi connectivity index (χ1v) is 9.22. The highest BCUT2D eigenvalue weighted by Gasteiger charge is 2.32. The van der Waals surface area contributed by atoms with E-state index < -0.39 is 0 Å². The van der Waals surface area contributed by atoms with Gasteiger partial charge in [-0.2, -0.15) is 0 Å². The SMILES string of the molecule is CC(C)(C)c1ccc(N2CC(CNC(=O)Cc3ccccc3)OC2=O)cc1. The van der Waals surface area contributed by atoms with E-state index in [0.29, 0.717) is 19.5 Å². The number of carbonyl (C=O) groups excluding carboxylic acids is 2. The number of carbonyl (C=O) groups is 2. The van der Waals surface area contributed by atoms with Crippen LogP contribution in [0.2, 0.25) is 0 Å². The van der Waals surface area contributed by atoms with Gasteiger partial charge in [0.2, 0.25) is 5.91 Å². The minimum absolute atomic E-state index is 0.0651. The Balaban J connectivity index is 1.53. The summed E-state index contributed by atoms with van der Waals surface area (Å²) in [5, 5.41) is 2.85. The zero-order chi connectivity index (χ0) is 19.4. The Hall–Kier alpha value is -2.82. The molecule has 3 rings (SSSR count). The van der Waals surface area contributed by atoms with E-state index in [9.17, 15) is 9.59 Å². The van der Waals surface area contributed by atoms with Crippen LogP contribution < -0.4 is 10.2 Å². The number of rotatable bonds is 5. The Kier molecular flexibility index (Phi) is 5.49. The first kappa shape index (κ1) is 19.0. The number of nitrogens with zero attached hydrogens (tertiary/aromatic N) is 1. The lowest BCUT2D eigenvalue weighted by atomic mass is 9.87. The van der Waals surface area contributed by atoms with E-state index in [-0.39, 0.29) is 23.5 Å². The normalized spacial score (nSPS) is 16.9. The maximum atomic E-state index is 12.2. The van der Waals surface area contributed by atoms with Crippen LogP contribution >= 0.6 is 0 Å². The third-order valence-corrected chi connectivity index (χ3v) is 4.65. The third-order valence-electron chi connectivity index (χ3n) is 4.65. The molecule has 0 aromatic heterocycles. The van der Waals surface area contributed by atoms with Gasteiger partial charge in [-0.25, -0.2) is 4.79 Å². The molecule has 0 aliphatic carbocycles. The zero-order valence-corrected chi connectivity index (χ0v) is 16.1. The number of anilines is 1. The third kappa shape index (κ3) is 4.88. The summed E-state index contributed by atoms with van der Waals surface area (Å²) in [5.41, 5.74) is 3.05. The fraction of sp³-hybridized carbons (Fsp3) is 0.364. The van der Waals surface area contributed by atoms with Crippen molar-refractivity contribution in [1.82, 2.24) is 5.32 Å². The fourth-order valence-corrected chi connectivity index (χ4v) is 3.05. The summed E-state index contributed by atoms with van der Waals surface area (Å²) >= 11 is 0. The van der Waals surface area contributed by atoms with Crippen LogP contribution in [-0.4, -0.2) is 31.2 Å². The van der Waals surface area contributed by atoms with Crippen LogP contribution in [0, 0.1) is 0 Å². The molecule has 0 spiro atoms. The fourth-order valence-electron chi connectivity index (χ4n) is 3.05. The molecule has 0 bridgehead atoms. The molecule has 27 heavy (non-hydrogen) atoms. The Morgan fingerprint density at radius 1 is 1.11 bits per heavy atom. The van der Waals surface area contributed by atoms with E-state index in [1.165, 1.54) is 5.56 Å². The topological polar surface area (TPSA) is 58.6 Å². The van der Waals surface area contributed by atoms with Gasteiger partial charge in [0.1, 0.15) is 6.10 Å². The Bertz CT molecular complexity index is 795. The number of nitrogens with one attached hydrogen (secondary N) is 1. The highest BCUT2D eigenvalue weighted by molar-refractivity contribution is 5.89. The molecule has 5 nitrogen and oxygen atoms in total. The lowest BCUT2D eigenvalue weighted by molar-refractivity contribution is -0.120. The van der Waals surface area contributed by atoms with E-state index in [0.717, 1.165) is 11.3 Å². The maximum absolute atomic E-state index is 12.2. The second-order valence-electron chi connectivity index (χ2n) is 7.88. The smallest absolute Gasteiger partial charge is 0.414 e. The second kappa shape index (κ2) is 7.82. The molecule has 1 atom stereocenters. The average molecular weight is 366 g/mol. The van der Waals surface area contributed by atoms with E-state index in [1.54, 1.807) is 4.90 Å². The lowest BCUT2D eigenvalue weighted by Gasteiger charge is -2.20. The minimum atomic E-state index is -0.374. The summed E-state index contributed by atoms with van der Waals surface area (Å²) in [7, 11) is 0. The van der Waals surface area contributed by atoms with E-state index in [4.69, 9.17) is 4.74 Å². The molecule has 1 fully saturated rings. The molecule has 1 unspecified atom stereocenters. The van der Waals surface area contributed by atoms with Gasteiger partial charge in [0, 0.05) is 5.69 Å². The van der Waals surface area contributed by atoms with Crippen molar-refractivity contribution in [1.29, 1.82) is 0 Å². The summed E-state index contributed by atoms with van der Waals surface area (Å²) in [4.78, 5) is 25.9. The van der Waals surface area contributed by atoms with Crippen LogP contribution in [0.3, 0.4) is 0 Å². The lowest BCUT2D eigenvalue weighted by Crippen LogP contribution is -2.35. The predicted molar refractivity (Wildman–Crippen MR) is 106 cm³/mol. The van der Waals surface area contributed by atoms with E-state index in [1.807, 2.05) is 54.6 Å². The summed E-state index contributed by atoms with van der Waals surface area (Å²) in [5.74, 6) is -0.0785. The Labute approximate surface area is 160 Å². The number of benzene rings is 2. The standard InChI is InChI=1S/C22H26N2O3/c1-22(2,3)17-9-11-18(12-10-17)24-15-19(27-21(24)26)14-23-20(25)13-16-7-5-4-6-8-16/h4-12,19H,13-15H2,1-3H3,(H,23,25). The van der Waals surface area contributed by atoms with Crippen molar-refractivity contribution in [2.75, 3.05) is 18.0 Å². The first-order valence-electron chi connectivity index (χ1n) is 9.22. The summed E-state index contributed by atoms with van der Waals surface area (Å²) in [6.45, 7) is 7.20. The largest absolute Gasteiger partial charge is 0.442 e. The van der Waals surface area contributed by atoms with Crippen molar-refractivity contribution in [3.05, 3.63) is 65.7 Å². The quantitative estimate of drug-likeness (QED) is 0.878. The molecular weight excluding hydrogens is 340 g/mol. The minimum Gasteiger partial charge on any atom is -0.442 e. The van der Waals surface area contributed by atoms with Crippen LogP contribution in [-0.2, 0) is 21.4 Å². The molecule has 2 aromatic rings. The molecule has 2 aromatic carbocycles. The summed E-state index contributed by atoms with van der Waals surface area (Å²) in [6, 6.07) is 17.5. The van der Waals surface area contributed by atoms with Crippen molar-refractivity contribution in [3.8, 4) is 0 Å². The number of cyclic esters (lactones) is 1. The molecule has 1 heterocycles. The van der Waals surface area contributed by atoms with Gasteiger partial charge in [0.05, 0.1) is 19.5 Å². The molecule has 1 aliphatic rings. The Morgan fingerprint density at radius 3 is 2.41 bits per heavy atom. The Morgan fingerprint density at radius 2 is 1.78 bits per heavy atom. The monoisotopic (exact) mass is 366 g/mol. The van der Waals surface area contributed by atoms with Gasteiger partial charge in [-0.15, -0.1) is 0 Å². The molecule has 0 radical (unpaired) electrons. The van der Waals surface area contributed by atoms with Gasteiger partial charge < -0.3 is 10.1 Å². The van der Waals surface area contributed by atoms with Gasteiger partial charge in [-0.1, -0.05) is 63.2 Å². The first-order chi connectivity index (χ1) is 12.8. The van der Waals surface area contributed by atoms with Crippen LogP contribution in [0.25, 0.3) is 0 Å². The van der Waals surface area contributed by atoms with Gasteiger partial charge in [0.15, 0.2) is 0 Å². The van der Waals surface area contributed by atoms with Gasteiger partial charge in [-0.05, 0) is 28.7 Å². The van der Waals surface area contributed by atoms with E-state index >= 15 is 0 Å². The number of hydrogen-bond acceptors (Lipinski definition) is 3. The summed E-state index contributed by atoms with van der Waals surface area (Å²) in [6.07, 6.45) is -0.403. The van der Waals surface area contributed by atoms with Crippen molar-refractivity contribution in [3.63, 3.8) is 0 Å². The highest BCUT2D eigenvalue weighted by atomic mass is 16.6. The van der Waals surface area contributed by atoms with Gasteiger partial charge >= 0.3 is 6.09 Å². The number of hydrogen-bond donors (Lipinski definition) is 1.